The number of aromatic nitrogens is 1. The summed E-state index contributed by atoms with van der Waals surface area (Å²) in [7, 11) is 0. The zero-order valence-electron chi connectivity index (χ0n) is 8.36. The summed E-state index contributed by atoms with van der Waals surface area (Å²) in [6, 6.07) is 7.36. The van der Waals surface area contributed by atoms with Crippen molar-refractivity contribution in [2.24, 2.45) is 0 Å². The van der Waals surface area contributed by atoms with Gasteiger partial charge in [-0.2, -0.15) is 0 Å². The molecule has 0 amide bonds. The topological polar surface area (TPSA) is 33.1 Å². The lowest BCUT2D eigenvalue weighted by Crippen LogP contribution is -1.90. The van der Waals surface area contributed by atoms with Gasteiger partial charge in [0.2, 0.25) is 0 Å². The highest BCUT2D eigenvalue weighted by atomic mass is 16.3. The van der Waals surface area contributed by atoms with Crippen molar-refractivity contribution in [3.05, 3.63) is 36.0 Å². The maximum atomic E-state index is 9.32. The third-order valence-electron chi connectivity index (χ3n) is 2.38. The minimum absolute atomic E-state index is 0.269. The van der Waals surface area contributed by atoms with Gasteiger partial charge in [0, 0.05) is 17.6 Å². The third kappa shape index (κ3) is 1.43. The Labute approximate surface area is 83.2 Å². The first-order chi connectivity index (χ1) is 6.68. The summed E-state index contributed by atoms with van der Waals surface area (Å²) < 4.78 is 0. The van der Waals surface area contributed by atoms with E-state index < -0.39 is 0 Å². The fourth-order valence-electron chi connectivity index (χ4n) is 1.66. The van der Waals surface area contributed by atoms with Gasteiger partial charge in [-0.1, -0.05) is 13.8 Å². The summed E-state index contributed by atoms with van der Waals surface area (Å²) in [6.45, 7) is 4.31. The summed E-state index contributed by atoms with van der Waals surface area (Å²) in [5.41, 5.74) is 2.13. The highest BCUT2D eigenvalue weighted by Gasteiger charge is 2.05. The van der Waals surface area contributed by atoms with Crippen molar-refractivity contribution in [1.82, 2.24) is 4.98 Å². The van der Waals surface area contributed by atoms with Crippen molar-refractivity contribution < 1.29 is 5.11 Å². The smallest absolute Gasteiger partial charge is 0.117 e. The monoisotopic (exact) mass is 187 g/mol. The second-order valence-electron chi connectivity index (χ2n) is 3.76. The number of benzene rings is 1. The molecule has 0 aliphatic heterocycles. The molecule has 0 spiro atoms. The predicted octanol–water partition coefficient (Wildman–Crippen LogP) is 3.06. The Hall–Kier alpha value is -1.57. The van der Waals surface area contributed by atoms with Gasteiger partial charge < -0.3 is 5.11 Å². The highest BCUT2D eigenvalue weighted by molar-refractivity contribution is 5.83. The van der Waals surface area contributed by atoms with Crippen LogP contribution in [0.25, 0.3) is 10.9 Å². The fraction of sp³-hybridized carbons (Fsp3) is 0.250. The Kier molecular flexibility index (Phi) is 2.12. The molecule has 0 fully saturated rings. The standard InChI is InChI=1S/C12H13NO/c1-8(2)10-5-6-13-12-7-9(14)3-4-11(10)12/h3-8,14H,1-2H3. The second kappa shape index (κ2) is 3.29. The van der Waals surface area contributed by atoms with Crippen LogP contribution in [0.2, 0.25) is 0 Å². The van der Waals surface area contributed by atoms with Crippen LogP contribution >= 0.6 is 0 Å². The average Bonchev–Trinajstić information content (AvgIpc) is 2.16. The van der Waals surface area contributed by atoms with E-state index in [1.165, 1.54) is 5.56 Å². The maximum Gasteiger partial charge on any atom is 0.117 e. The molecule has 0 radical (unpaired) electrons. The SMILES string of the molecule is CC(C)c1ccnc2cc(O)ccc12. The Balaban J connectivity index is 2.75. The van der Waals surface area contributed by atoms with Crippen molar-refractivity contribution in [2.45, 2.75) is 19.8 Å². The van der Waals surface area contributed by atoms with Gasteiger partial charge in [-0.15, -0.1) is 0 Å². The van der Waals surface area contributed by atoms with Gasteiger partial charge in [-0.3, -0.25) is 4.98 Å². The molecule has 72 valence electrons. The van der Waals surface area contributed by atoms with E-state index in [0.717, 1.165) is 10.9 Å². The number of fused-ring (bicyclic) bond motifs is 1. The average molecular weight is 187 g/mol. The first-order valence-electron chi connectivity index (χ1n) is 4.76. The van der Waals surface area contributed by atoms with Crippen LogP contribution in [0, 0.1) is 0 Å². The molecule has 1 aromatic heterocycles. The highest BCUT2D eigenvalue weighted by Crippen LogP contribution is 2.25. The van der Waals surface area contributed by atoms with Crippen molar-refractivity contribution >= 4 is 10.9 Å². The van der Waals surface area contributed by atoms with Gasteiger partial charge in [0.15, 0.2) is 0 Å². The first kappa shape index (κ1) is 9.00. The zero-order valence-corrected chi connectivity index (χ0v) is 8.36. The van der Waals surface area contributed by atoms with Gasteiger partial charge in [-0.05, 0) is 29.7 Å². The van der Waals surface area contributed by atoms with Crippen molar-refractivity contribution in [1.29, 1.82) is 0 Å². The number of hydrogen-bond donors (Lipinski definition) is 1. The minimum Gasteiger partial charge on any atom is -0.508 e. The van der Waals surface area contributed by atoms with E-state index in [1.54, 1.807) is 18.3 Å². The molecule has 2 nitrogen and oxygen atoms in total. The van der Waals surface area contributed by atoms with E-state index in [4.69, 9.17) is 0 Å². The predicted molar refractivity (Wildman–Crippen MR) is 57.5 cm³/mol. The van der Waals surface area contributed by atoms with Crippen LogP contribution in [0.3, 0.4) is 0 Å². The van der Waals surface area contributed by atoms with Crippen LogP contribution in [0.5, 0.6) is 5.75 Å². The van der Waals surface area contributed by atoms with E-state index >= 15 is 0 Å². The Morgan fingerprint density at radius 2 is 2.00 bits per heavy atom. The molecular weight excluding hydrogens is 174 g/mol. The molecule has 1 N–H and O–H groups in total. The van der Waals surface area contributed by atoms with Crippen LogP contribution < -0.4 is 0 Å². The number of phenols is 1. The molecule has 0 aliphatic carbocycles. The van der Waals surface area contributed by atoms with E-state index in [0.29, 0.717) is 5.92 Å². The van der Waals surface area contributed by atoms with Gasteiger partial charge in [-0.25, -0.2) is 0 Å². The normalized spacial score (nSPS) is 11.1. The molecule has 2 heteroatoms. The molecule has 14 heavy (non-hydrogen) atoms. The largest absolute Gasteiger partial charge is 0.508 e. The van der Waals surface area contributed by atoms with Gasteiger partial charge in [0.1, 0.15) is 5.75 Å². The summed E-state index contributed by atoms with van der Waals surface area (Å²) in [5.74, 6) is 0.746. The maximum absolute atomic E-state index is 9.32. The van der Waals surface area contributed by atoms with E-state index in [-0.39, 0.29) is 5.75 Å². The van der Waals surface area contributed by atoms with Gasteiger partial charge in [0.25, 0.3) is 0 Å². The van der Waals surface area contributed by atoms with E-state index in [2.05, 4.69) is 18.8 Å². The molecule has 0 saturated carbocycles. The number of phenolic OH excluding ortho intramolecular Hbond substituents is 1. The molecule has 1 aromatic carbocycles. The lowest BCUT2D eigenvalue weighted by atomic mass is 9.99. The lowest BCUT2D eigenvalue weighted by Gasteiger charge is -2.08. The summed E-state index contributed by atoms with van der Waals surface area (Å²) in [5, 5.41) is 10.4. The molecule has 0 unspecified atom stereocenters. The number of hydrogen-bond acceptors (Lipinski definition) is 2. The van der Waals surface area contributed by atoms with Crippen LogP contribution in [0.4, 0.5) is 0 Å². The molecular formula is C12H13NO. The molecule has 2 aromatic rings. The molecule has 1 heterocycles. The van der Waals surface area contributed by atoms with Gasteiger partial charge in [0.05, 0.1) is 5.52 Å². The molecule has 0 atom stereocenters. The first-order valence-corrected chi connectivity index (χ1v) is 4.76. The van der Waals surface area contributed by atoms with Crippen molar-refractivity contribution in [3.8, 4) is 5.75 Å². The number of nitrogens with zero attached hydrogens (tertiary/aromatic N) is 1. The van der Waals surface area contributed by atoms with Crippen molar-refractivity contribution in [3.63, 3.8) is 0 Å². The van der Waals surface area contributed by atoms with E-state index in [1.807, 2.05) is 12.1 Å². The van der Waals surface area contributed by atoms with Gasteiger partial charge >= 0.3 is 0 Å². The quantitative estimate of drug-likeness (QED) is 0.744. The summed E-state index contributed by atoms with van der Waals surface area (Å²) in [6.07, 6.45) is 1.79. The number of pyridine rings is 1. The van der Waals surface area contributed by atoms with Crippen molar-refractivity contribution in [2.75, 3.05) is 0 Å². The van der Waals surface area contributed by atoms with Crippen LogP contribution in [0.1, 0.15) is 25.3 Å². The van der Waals surface area contributed by atoms with Crippen LogP contribution in [0.15, 0.2) is 30.5 Å². The Morgan fingerprint density at radius 1 is 1.21 bits per heavy atom. The molecule has 2 rings (SSSR count). The molecule has 0 bridgehead atoms. The van der Waals surface area contributed by atoms with Crippen LogP contribution in [-0.4, -0.2) is 10.1 Å². The number of rotatable bonds is 1. The summed E-state index contributed by atoms with van der Waals surface area (Å²) >= 11 is 0. The fourth-order valence-corrected chi connectivity index (χ4v) is 1.66. The Bertz CT molecular complexity index is 463. The molecule has 0 saturated heterocycles. The third-order valence-corrected chi connectivity index (χ3v) is 2.38. The minimum atomic E-state index is 0.269. The van der Waals surface area contributed by atoms with Crippen LogP contribution in [-0.2, 0) is 0 Å². The second-order valence-corrected chi connectivity index (χ2v) is 3.76. The molecule has 0 aliphatic rings. The lowest BCUT2D eigenvalue weighted by molar-refractivity contribution is 0.476. The number of aromatic hydroxyl groups is 1. The summed E-state index contributed by atoms with van der Waals surface area (Å²) in [4.78, 5) is 4.23. The Morgan fingerprint density at radius 3 is 2.71 bits per heavy atom. The zero-order chi connectivity index (χ0) is 10.1. The van der Waals surface area contributed by atoms with E-state index in [9.17, 15) is 5.11 Å².